The van der Waals surface area contributed by atoms with Gasteiger partial charge in [0.2, 0.25) is 0 Å². The SMILES string of the molecule is CCCCCC/C=C/CCCC(O)CCO. The molecule has 2 heteroatoms. The van der Waals surface area contributed by atoms with Crippen LogP contribution in [-0.2, 0) is 0 Å². The Bertz CT molecular complexity index is 155. The van der Waals surface area contributed by atoms with Gasteiger partial charge in [-0.3, -0.25) is 0 Å². The molecule has 16 heavy (non-hydrogen) atoms. The Morgan fingerprint density at radius 2 is 1.62 bits per heavy atom. The lowest BCUT2D eigenvalue weighted by molar-refractivity contribution is 0.123. The molecule has 0 spiro atoms. The first-order chi connectivity index (χ1) is 7.81. The van der Waals surface area contributed by atoms with Gasteiger partial charge < -0.3 is 10.2 Å². The van der Waals surface area contributed by atoms with E-state index >= 15 is 0 Å². The lowest BCUT2D eigenvalue weighted by atomic mass is 10.1. The third-order valence-electron chi connectivity index (χ3n) is 2.76. The van der Waals surface area contributed by atoms with Gasteiger partial charge in [-0.1, -0.05) is 38.3 Å². The Labute approximate surface area is 100 Å². The largest absolute Gasteiger partial charge is 0.396 e. The molecule has 96 valence electrons. The van der Waals surface area contributed by atoms with Crippen LogP contribution in [-0.4, -0.2) is 22.9 Å². The standard InChI is InChI=1S/C14H28O2/c1-2-3-4-5-6-7-8-9-10-11-14(16)12-13-15/h7-8,14-16H,2-6,9-13H2,1H3/b8-7+. The average molecular weight is 228 g/mol. The van der Waals surface area contributed by atoms with Crippen molar-refractivity contribution in [3.8, 4) is 0 Å². The van der Waals surface area contributed by atoms with E-state index in [4.69, 9.17) is 5.11 Å². The van der Waals surface area contributed by atoms with E-state index in [1.165, 1.54) is 32.1 Å². The third-order valence-corrected chi connectivity index (χ3v) is 2.76. The molecule has 0 rings (SSSR count). The van der Waals surface area contributed by atoms with Crippen molar-refractivity contribution >= 4 is 0 Å². The molecule has 0 aliphatic rings. The van der Waals surface area contributed by atoms with Gasteiger partial charge in [0.05, 0.1) is 6.10 Å². The number of aliphatic hydroxyl groups is 2. The molecule has 0 saturated heterocycles. The Morgan fingerprint density at radius 3 is 2.25 bits per heavy atom. The predicted octanol–water partition coefficient (Wildman–Crippen LogP) is 3.43. The molecule has 2 N–H and O–H groups in total. The molecule has 1 atom stereocenters. The number of rotatable bonds is 11. The zero-order valence-corrected chi connectivity index (χ0v) is 10.7. The van der Waals surface area contributed by atoms with E-state index < -0.39 is 0 Å². The maximum Gasteiger partial charge on any atom is 0.0562 e. The van der Waals surface area contributed by atoms with Crippen molar-refractivity contribution < 1.29 is 10.2 Å². The van der Waals surface area contributed by atoms with Gasteiger partial charge in [-0.05, 0) is 38.5 Å². The van der Waals surface area contributed by atoms with Crippen LogP contribution in [0.5, 0.6) is 0 Å². The molecule has 0 aromatic rings. The van der Waals surface area contributed by atoms with Crippen LogP contribution in [0.15, 0.2) is 12.2 Å². The second-order valence-electron chi connectivity index (χ2n) is 4.42. The van der Waals surface area contributed by atoms with E-state index in [2.05, 4.69) is 19.1 Å². The van der Waals surface area contributed by atoms with E-state index in [9.17, 15) is 5.11 Å². The molecule has 0 saturated carbocycles. The number of unbranched alkanes of at least 4 members (excludes halogenated alkanes) is 5. The fourth-order valence-corrected chi connectivity index (χ4v) is 1.69. The highest BCUT2D eigenvalue weighted by Gasteiger charge is 2.00. The molecule has 0 bridgehead atoms. The minimum absolute atomic E-state index is 0.0917. The van der Waals surface area contributed by atoms with Crippen LogP contribution in [0.1, 0.15) is 64.7 Å². The summed E-state index contributed by atoms with van der Waals surface area (Å²) in [6, 6.07) is 0. The van der Waals surface area contributed by atoms with Crippen molar-refractivity contribution in [3.63, 3.8) is 0 Å². The number of aliphatic hydroxyl groups excluding tert-OH is 2. The number of allylic oxidation sites excluding steroid dienone is 2. The van der Waals surface area contributed by atoms with Crippen molar-refractivity contribution in [2.45, 2.75) is 70.8 Å². The van der Waals surface area contributed by atoms with E-state index in [0.717, 1.165) is 19.3 Å². The Balaban J connectivity index is 3.15. The quantitative estimate of drug-likeness (QED) is 0.420. The van der Waals surface area contributed by atoms with Crippen LogP contribution in [0.4, 0.5) is 0 Å². The van der Waals surface area contributed by atoms with Gasteiger partial charge in [0.15, 0.2) is 0 Å². The summed E-state index contributed by atoms with van der Waals surface area (Å²) in [7, 11) is 0. The predicted molar refractivity (Wildman–Crippen MR) is 69.5 cm³/mol. The molecule has 0 aromatic carbocycles. The summed E-state index contributed by atoms with van der Waals surface area (Å²) < 4.78 is 0. The van der Waals surface area contributed by atoms with Gasteiger partial charge in [-0.25, -0.2) is 0 Å². The van der Waals surface area contributed by atoms with E-state index in [0.29, 0.717) is 6.42 Å². The van der Waals surface area contributed by atoms with Gasteiger partial charge in [-0.15, -0.1) is 0 Å². The number of hydrogen-bond donors (Lipinski definition) is 2. The van der Waals surface area contributed by atoms with E-state index in [-0.39, 0.29) is 12.7 Å². The van der Waals surface area contributed by atoms with Crippen LogP contribution >= 0.6 is 0 Å². The second kappa shape index (κ2) is 12.7. The third kappa shape index (κ3) is 11.7. The van der Waals surface area contributed by atoms with Crippen LogP contribution in [0.25, 0.3) is 0 Å². The molecule has 0 fully saturated rings. The second-order valence-corrected chi connectivity index (χ2v) is 4.42. The first-order valence-corrected chi connectivity index (χ1v) is 6.75. The summed E-state index contributed by atoms with van der Waals surface area (Å²) >= 11 is 0. The zero-order chi connectivity index (χ0) is 12.1. The van der Waals surface area contributed by atoms with Crippen molar-refractivity contribution in [1.29, 1.82) is 0 Å². The molecule has 1 unspecified atom stereocenters. The fraction of sp³-hybridized carbons (Fsp3) is 0.857. The molecule has 0 aliphatic heterocycles. The lowest BCUT2D eigenvalue weighted by Crippen LogP contribution is -2.07. The summed E-state index contributed by atoms with van der Waals surface area (Å²) in [5.41, 5.74) is 0. The highest BCUT2D eigenvalue weighted by Crippen LogP contribution is 2.06. The minimum Gasteiger partial charge on any atom is -0.396 e. The van der Waals surface area contributed by atoms with Crippen molar-refractivity contribution in [2.75, 3.05) is 6.61 Å². The summed E-state index contributed by atoms with van der Waals surface area (Å²) in [4.78, 5) is 0. The topological polar surface area (TPSA) is 40.5 Å². The van der Waals surface area contributed by atoms with Crippen LogP contribution < -0.4 is 0 Å². The fourth-order valence-electron chi connectivity index (χ4n) is 1.69. The normalized spacial score (nSPS) is 13.4. The van der Waals surface area contributed by atoms with Crippen molar-refractivity contribution in [3.05, 3.63) is 12.2 Å². The molecule has 0 heterocycles. The molecule has 2 nitrogen and oxygen atoms in total. The van der Waals surface area contributed by atoms with Gasteiger partial charge in [0.25, 0.3) is 0 Å². The smallest absolute Gasteiger partial charge is 0.0562 e. The zero-order valence-electron chi connectivity index (χ0n) is 10.7. The van der Waals surface area contributed by atoms with Gasteiger partial charge in [0.1, 0.15) is 0 Å². The first kappa shape index (κ1) is 15.7. The highest BCUT2D eigenvalue weighted by molar-refractivity contribution is 4.81. The minimum atomic E-state index is -0.317. The molecular weight excluding hydrogens is 200 g/mol. The lowest BCUT2D eigenvalue weighted by Gasteiger charge is -2.06. The molecule has 0 aliphatic carbocycles. The van der Waals surface area contributed by atoms with E-state index in [1.807, 2.05) is 0 Å². The first-order valence-electron chi connectivity index (χ1n) is 6.75. The van der Waals surface area contributed by atoms with Crippen LogP contribution in [0.3, 0.4) is 0 Å². The summed E-state index contributed by atoms with van der Waals surface area (Å²) in [5, 5.41) is 18.0. The maximum absolute atomic E-state index is 9.36. The Morgan fingerprint density at radius 1 is 0.938 bits per heavy atom. The molecule has 0 radical (unpaired) electrons. The van der Waals surface area contributed by atoms with Crippen molar-refractivity contribution in [1.82, 2.24) is 0 Å². The van der Waals surface area contributed by atoms with Crippen LogP contribution in [0, 0.1) is 0 Å². The summed E-state index contributed by atoms with van der Waals surface area (Å²) in [6.07, 6.45) is 14.0. The van der Waals surface area contributed by atoms with E-state index in [1.54, 1.807) is 0 Å². The Kier molecular flexibility index (Phi) is 12.5. The van der Waals surface area contributed by atoms with Gasteiger partial charge in [0, 0.05) is 6.61 Å². The molecule has 0 aromatic heterocycles. The monoisotopic (exact) mass is 228 g/mol. The molecular formula is C14H28O2. The Hall–Kier alpha value is -0.340. The maximum atomic E-state index is 9.36. The molecule has 0 amide bonds. The van der Waals surface area contributed by atoms with Crippen LogP contribution in [0.2, 0.25) is 0 Å². The van der Waals surface area contributed by atoms with Crippen molar-refractivity contribution in [2.24, 2.45) is 0 Å². The number of hydrogen-bond acceptors (Lipinski definition) is 2. The highest BCUT2D eigenvalue weighted by atomic mass is 16.3. The van der Waals surface area contributed by atoms with Gasteiger partial charge >= 0.3 is 0 Å². The average Bonchev–Trinajstić information content (AvgIpc) is 2.27. The summed E-state index contributed by atoms with van der Waals surface area (Å²) in [6.45, 7) is 2.32. The van der Waals surface area contributed by atoms with Gasteiger partial charge in [-0.2, -0.15) is 0 Å². The summed E-state index contributed by atoms with van der Waals surface area (Å²) in [5.74, 6) is 0.